The Balaban J connectivity index is 1.69. The zero-order valence-corrected chi connectivity index (χ0v) is 20.3. The van der Waals surface area contributed by atoms with Gasteiger partial charge in [0.15, 0.2) is 5.75 Å². The van der Waals surface area contributed by atoms with Crippen molar-refractivity contribution >= 4 is 22.8 Å². The number of amides is 2. The van der Waals surface area contributed by atoms with Crippen molar-refractivity contribution in [1.82, 2.24) is 19.8 Å². The van der Waals surface area contributed by atoms with E-state index in [1.165, 1.54) is 22.9 Å². The number of benzene rings is 1. The van der Waals surface area contributed by atoms with Crippen LogP contribution in [0, 0.1) is 5.82 Å². The molecule has 11 heteroatoms. The highest BCUT2D eigenvalue weighted by molar-refractivity contribution is 6.01. The van der Waals surface area contributed by atoms with E-state index >= 15 is 0 Å². The molecule has 1 fully saturated rings. The molecule has 37 heavy (non-hydrogen) atoms. The minimum Gasteiger partial charge on any atom is -0.505 e. The molecule has 0 radical (unpaired) electrons. The number of carbonyl (C=O) groups excluding carboxylic acids is 2. The van der Waals surface area contributed by atoms with Gasteiger partial charge in [0, 0.05) is 38.8 Å². The zero-order chi connectivity index (χ0) is 26.4. The molecule has 0 bridgehead atoms. The average Bonchev–Trinajstić information content (AvgIpc) is 3.29. The van der Waals surface area contributed by atoms with Gasteiger partial charge in [-0.3, -0.25) is 19.4 Å². The van der Waals surface area contributed by atoms with Gasteiger partial charge in [-0.05, 0) is 42.2 Å². The number of aliphatic hydroxyl groups is 1. The molecule has 1 aromatic carbocycles. The van der Waals surface area contributed by atoms with Crippen molar-refractivity contribution in [2.45, 2.75) is 25.8 Å². The Morgan fingerprint density at radius 2 is 1.92 bits per heavy atom. The Morgan fingerprint density at radius 1 is 1.14 bits per heavy atom. The van der Waals surface area contributed by atoms with Crippen molar-refractivity contribution in [2.24, 2.45) is 0 Å². The van der Waals surface area contributed by atoms with Crippen molar-refractivity contribution in [3.05, 3.63) is 69.4 Å². The van der Waals surface area contributed by atoms with Crippen LogP contribution < -0.4 is 10.9 Å². The van der Waals surface area contributed by atoms with Gasteiger partial charge in [0.1, 0.15) is 16.9 Å². The summed E-state index contributed by atoms with van der Waals surface area (Å²) in [6.45, 7) is 1.14. The first-order valence-electron chi connectivity index (χ1n) is 12.1. The second-order valence-corrected chi connectivity index (χ2v) is 8.77. The highest BCUT2D eigenvalue weighted by atomic mass is 19.1. The fourth-order valence-corrected chi connectivity index (χ4v) is 4.36. The first-order chi connectivity index (χ1) is 17.9. The zero-order valence-electron chi connectivity index (χ0n) is 20.3. The van der Waals surface area contributed by atoms with E-state index in [9.17, 15) is 23.9 Å². The molecule has 2 aromatic heterocycles. The van der Waals surface area contributed by atoms with Gasteiger partial charge in [-0.2, -0.15) is 0 Å². The highest BCUT2D eigenvalue weighted by Gasteiger charge is 2.25. The lowest BCUT2D eigenvalue weighted by Crippen LogP contribution is -2.37. The third-order valence-corrected chi connectivity index (χ3v) is 6.22. The van der Waals surface area contributed by atoms with Crippen LogP contribution in [0.25, 0.3) is 11.0 Å². The Hall–Kier alpha value is -3.83. The summed E-state index contributed by atoms with van der Waals surface area (Å²) in [4.78, 5) is 44.5. The lowest BCUT2D eigenvalue weighted by molar-refractivity contribution is -0.127. The van der Waals surface area contributed by atoms with E-state index in [0.717, 1.165) is 17.5 Å². The quantitative estimate of drug-likeness (QED) is 0.329. The molecule has 196 valence electrons. The molecule has 0 aliphatic carbocycles. The monoisotopic (exact) mass is 512 g/mol. The predicted octanol–water partition coefficient (Wildman–Crippen LogP) is 1.19. The lowest BCUT2D eigenvalue weighted by atomic mass is 10.1. The van der Waals surface area contributed by atoms with Gasteiger partial charge in [-0.25, -0.2) is 4.39 Å². The van der Waals surface area contributed by atoms with Gasteiger partial charge in [-0.15, -0.1) is 0 Å². The molecule has 3 N–H and O–H groups in total. The van der Waals surface area contributed by atoms with Crippen LogP contribution in [-0.4, -0.2) is 75.9 Å². The van der Waals surface area contributed by atoms with Gasteiger partial charge in [0.2, 0.25) is 5.91 Å². The Morgan fingerprint density at radius 3 is 2.62 bits per heavy atom. The van der Waals surface area contributed by atoms with E-state index in [1.807, 2.05) is 0 Å². The number of aliphatic hydroxyl groups excluding tert-OH is 1. The number of rotatable bonds is 11. The smallest absolute Gasteiger partial charge is 0.267 e. The standard InChI is InChI=1S/C26H29FN4O6/c27-19-5-3-17(4-6-19)14-18-15-20-23(29-16-18)24(34)22(25(35)28-7-12-37-13-11-32)26(36)31(20)10-9-30-8-1-2-21(30)33/h3-6,15-16,32,34H,1-2,7-14H2,(H,28,35). The summed E-state index contributed by atoms with van der Waals surface area (Å²) < 4.78 is 19.8. The second kappa shape index (κ2) is 11.9. The molecule has 1 saturated heterocycles. The maximum Gasteiger partial charge on any atom is 0.267 e. The van der Waals surface area contributed by atoms with Crippen LogP contribution in [0.1, 0.15) is 34.3 Å². The molecule has 3 heterocycles. The van der Waals surface area contributed by atoms with E-state index in [2.05, 4.69) is 10.3 Å². The number of ether oxygens (including phenoxy) is 1. The number of aromatic nitrogens is 2. The third-order valence-electron chi connectivity index (χ3n) is 6.22. The number of nitrogens with one attached hydrogen (secondary N) is 1. The summed E-state index contributed by atoms with van der Waals surface area (Å²) in [7, 11) is 0. The SMILES string of the molecule is O=C(NCCOCCO)c1c(O)c2ncc(Cc3ccc(F)cc3)cc2n(CCN2CCCC2=O)c1=O. The molecule has 0 unspecified atom stereocenters. The fraction of sp³-hybridized carbons (Fsp3) is 0.385. The fourth-order valence-electron chi connectivity index (χ4n) is 4.36. The summed E-state index contributed by atoms with van der Waals surface area (Å²) in [6, 6.07) is 7.74. The summed E-state index contributed by atoms with van der Waals surface area (Å²) in [6.07, 6.45) is 3.16. The number of pyridine rings is 2. The van der Waals surface area contributed by atoms with Crippen LogP contribution in [-0.2, 0) is 22.5 Å². The first kappa shape index (κ1) is 26.2. The number of likely N-dealkylation sites (tertiary alicyclic amines) is 1. The van der Waals surface area contributed by atoms with Crippen molar-refractivity contribution < 1.29 is 28.9 Å². The summed E-state index contributed by atoms with van der Waals surface area (Å²) in [5.41, 5.74) is 0.825. The highest BCUT2D eigenvalue weighted by Crippen LogP contribution is 2.26. The maximum atomic E-state index is 13.5. The Kier molecular flexibility index (Phi) is 8.47. The van der Waals surface area contributed by atoms with Crippen LogP contribution in [0.2, 0.25) is 0 Å². The molecule has 1 aliphatic heterocycles. The summed E-state index contributed by atoms with van der Waals surface area (Å²) >= 11 is 0. The van der Waals surface area contributed by atoms with Crippen LogP contribution >= 0.6 is 0 Å². The molecule has 10 nitrogen and oxygen atoms in total. The Bertz CT molecular complexity index is 1340. The number of hydrogen-bond donors (Lipinski definition) is 3. The topological polar surface area (TPSA) is 134 Å². The van der Waals surface area contributed by atoms with Gasteiger partial charge < -0.3 is 29.7 Å². The molecule has 2 amide bonds. The number of carbonyl (C=O) groups is 2. The average molecular weight is 513 g/mol. The molecular formula is C26H29FN4O6. The van der Waals surface area contributed by atoms with Crippen molar-refractivity contribution in [3.63, 3.8) is 0 Å². The molecule has 3 aromatic rings. The van der Waals surface area contributed by atoms with Gasteiger partial charge in [-0.1, -0.05) is 12.1 Å². The summed E-state index contributed by atoms with van der Waals surface area (Å²) in [5, 5.41) is 22.2. The van der Waals surface area contributed by atoms with Crippen LogP contribution in [0.4, 0.5) is 4.39 Å². The normalized spacial score (nSPS) is 13.5. The predicted molar refractivity (Wildman–Crippen MR) is 133 cm³/mol. The van der Waals surface area contributed by atoms with E-state index in [-0.39, 0.29) is 56.7 Å². The lowest BCUT2D eigenvalue weighted by Gasteiger charge is -2.19. The minimum absolute atomic E-state index is 0.00658. The van der Waals surface area contributed by atoms with Crippen molar-refractivity contribution in [3.8, 4) is 5.75 Å². The number of halogens is 1. The van der Waals surface area contributed by atoms with Crippen LogP contribution in [0.3, 0.4) is 0 Å². The molecule has 0 spiro atoms. The minimum atomic E-state index is -0.778. The summed E-state index contributed by atoms with van der Waals surface area (Å²) in [5.74, 6) is -1.65. The molecule has 0 atom stereocenters. The Labute approximate surface area is 212 Å². The number of nitrogens with zero attached hydrogens (tertiary/aromatic N) is 3. The molecular weight excluding hydrogens is 483 g/mol. The van der Waals surface area contributed by atoms with Crippen LogP contribution in [0.15, 0.2) is 41.3 Å². The van der Waals surface area contributed by atoms with E-state index in [0.29, 0.717) is 24.9 Å². The van der Waals surface area contributed by atoms with Crippen LogP contribution in [0.5, 0.6) is 5.75 Å². The second-order valence-electron chi connectivity index (χ2n) is 8.77. The van der Waals surface area contributed by atoms with Gasteiger partial charge >= 0.3 is 0 Å². The van der Waals surface area contributed by atoms with E-state index in [4.69, 9.17) is 9.84 Å². The largest absolute Gasteiger partial charge is 0.505 e. The molecule has 4 rings (SSSR count). The number of fused-ring (bicyclic) bond motifs is 1. The molecule has 1 aliphatic rings. The van der Waals surface area contributed by atoms with E-state index < -0.39 is 22.8 Å². The molecule has 0 saturated carbocycles. The van der Waals surface area contributed by atoms with Gasteiger partial charge in [0.25, 0.3) is 11.5 Å². The first-order valence-corrected chi connectivity index (χ1v) is 12.1. The van der Waals surface area contributed by atoms with Crippen molar-refractivity contribution in [1.29, 1.82) is 0 Å². The maximum absolute atomic E-state index is 13.5. The van der Waals surface area contributed by atoms with Gasteiger partial charge in [0.05, 0.1) is 25.3 Å². The number of hydrogen-bond acceptors (Lipinski definition) is 7. The van der Waals surface area contributed by atoms with E-state index in [1.54, 1.807) is 23.1 Å². The van der Waals surface area contributed by atoms with Crippen molar-refractivity contribution in [2.75, 3.05) is 39.5 Å². The third kappa shape index (κ3) is 6.12. The number of aromatic hydroxyl groups is 1.